The maximum absolute atomic E-state index is 10.2. The average molecular weight is 149 g/mol. The molecule has 54 valence electrons. The van der Waals surface area contributed by atoms with Crippen LogP contribution < -0.4 is 5.32 Å². The van der Waals surface area contributed by atoms with Gasteiger partial charge >= 0.3 is 0 Å². The highest BCUT2D eigenvalue weighted by atomic mass is 32.2. The molecule has 1 aliphatic rings. The van der Waals surface area contributed by atoms with E-state index in [0.29, 0.717) is 11.7 Å². The van der Waals surface area contributed by atoms with Gasteiger partial charge in [0, 0.05) is 0 Å². The van der Waals surface area contributed by atoms with Crippen molar-refractivity contribution in [2.75, 3.05) is 18.8 Å². The average Bonchev–Trinajstić information content (AvgIpc) is 2.15. The van der Waals surface area contributed by atoms with E-state index in [1.807, 2.05) is 0 Å². The molecule has 0 aromatic heterocycles. The van der Waals surface area contributed by atoms with E-state index in [2.05, 4.69) is 5.32 Å². The van der Waals surface area contributed by atoms with Crippen LogP contribution in [0.4, 0.5) is 0 Å². The van der Waals surface area contributed by atoms with E-state index in [9.17, 15) is 4.21 Å². The van der Waals surface area contributed by atoms with E-state index in [4.69, 9.17) is 4.55 Å². The highest BCUT2D eigenvalue weighted by Gasteiger charge is 2.15. The Hall–Kier alpha value is 0.0700. The van der Waals surface area contributed by atoms with Crippen LogP contribution in [-0.2, 0) is 11.1 Å². The first-order valence-electron chi connectivity index (χ1n) is 3.07. The molecule has 0 aromatic carbocycles. The molecule has 1 saturated heterocycles. The lowest BCUT2D eigenvalue weighted by atomic mass is 10.2. The zero-order valence-electron chi connectivity index (χ0n) is 5.17. The van der Waals surface area contributed by atoms with E-state index < -0.39 is 11.1 Å². The fraction of sp³-hybridized carbons (Fsp3) is 1.00. The van der Waals surface area contributed by atoms with E-state index in [1.54, 1.807) is 0 Å². The van der Waals surface area contributed by atoms with Crippen molar-refractivity contribution >= 4 is 11.1 Å². The van der Waals surface area contributed by atoms with E-state index in [-0.39, 0.29) is 0 Å². The van der Waals surface area contributed by atoms with Gasteiger partial charge in [0.15, 0.2) is 11.1 Å². The van der Waals surface area contributed by atoms with Crippen LogP contribution in [0.5, 0.6) is 0 Å². The van der Waals surface area contributed by atoms with Gasteiger partial charge in [-0.1, -0.05) is 0 Å². The van der Waals surface area contributed by atoms with Crippen molar-refractivity contribution in [2.24, 2.45) is 5.92 Å². The molecular weight excluding hydrogens is 138 g/mol. The smallest absolute Gasteiger partial charge is 0.153 e. The SMILES string of the molecule is O=S(O)CC1CCNC1. The third kappa shape index (κ3) is 2.43. The van der Waals surface area contributed by atoms with E-state index in [0.717, 1.165) is 19.5 Å². The van der Waals surface area contributed by atoms with E-state index >= 15 is 0 Å². The summed E-state index contributed by atoms with van der Waals surface area (Å²) in [5.74, 6) is 0.864. The molecule has 1 fully saturated rings. The van der Waals surface area contributed by atoms with Gasteiger partial charge in [-0.05, 0) is 25.4 Å². The zero-order valence-corrected chi connectivity index (χ0v) is 5.99. The zero-order chi connectivity index (χ0) is 6.69. The van der Waals surface area contributed by atoms with Crippen LogP contribution in [0.1, 0.15) is 6.42 Å². The molecular formula is C5H11NO2S. The van der Waals surface area contributed by atoms with Crippen molar-refractivity contribution in [1.82, 2.24) is 5.32 Å². The van der Waals surface area contributed by atoms with Gasteiger partial charge in [-0.15, -0.1) is 0 Å². The van der Waals surface area contributed by atoms with Crippen LogP contribution in [-0.4, -0.2) is 27.6 Å². The van der Waals surface area contributed by atoms with Crippen LogP contribution in [0, 0.1) is 5.92 Å². The third-order valence-electron chi connectivity index (χ3n) is 1.54. The monoisotopic (exact) mass is 149 g/mol. The summed E-state index contributed by atoms with van der Waals surface area (Å²) < 4.78 is 18.7. The molecule has 1 aliphatic heterocycles. The van der Waals surface area contributed by atoms with Gasteiger partial charge in [-0.25, -0.2) is 4.21 Å². The Morgan fingerprint density at radius 1 is 1.78 bits per heavy atom. The van der Waals surface area contributed by atoms with Gasteiger partial charge in [0.25, 0.3) is 0 Å². The van der Waals surface area contributed by atoms with E-state index in [1.165, 1.54) is 0 Å². The van der Waals surface area contributed by atoms with Crippen LogP contribution in [0.25, 0.3) is 0 Å². The molecule has 0 spiro atoms. The molecule has 2 unspecified atom stereocenters. The third-order valence-corrected chi connectivity index (χ3v) is 2.30. The summed E-state index contributed by atoms with van der Waals surface area (Å²) in [4.78, 5) is 0. The Labute approximate surface area is 57.1 Å². The molecule has 0 radical (unpaired) electrons. The van der Waals surface area contributed by atoms with Crippen molar-refractivity contribution < 1.29 is 8.76 Å². The molecule has 0 aliphatic carbocycles. The first-order valence-corrected chi connectivity index (χ1v) is 4.35. The molecule has 2 atom stereocenters. The van der Waals surface area contributed by atoms with Crippen molar-refractivity contribution in [3.05, 3.63) is 0 Å². The van der Waals surface area contributed by atoms with Crippen LogP contribution >= 0.6 is 0 Å². The van der Waals surface area contributed by atoms with Crippen molar-refractivity contribution in [2.45, 2.75) is 6.42 Å². The fourth-order valence-electron chi connectivity index (χ4n) is 1.06. The second-order valence-electron chi connectivity index (χ2n) is 2.35. The molecule has 4 heteroatoms. The standard InChI is InChI=1S/C5H11NO2S/c7-9(8)4-5-1-2-6-3-5/h5-6H,1-4H2,(H,7,8). The highest BCUT2D eigenvalue weighted by Crippen LogP contribution is 2.07. The van der Waals surface area contributed by atoms with Gasteiger partial charge < -0.3 is 9.87 Å². The Balaban J connectivity index is 2.19. The minimum absolute atomic E-state index is 0.427. The largest absolute Gasteiger partial charge is 0.316 e. The molecule has 0 bridgehead atoms. The summed E-state index contributed by atoms with van der Waals surface area (Å²) in [6.45, 7) is 1.91. The molecule has 0 amide bonds. The Kier molecular flexibility index (Phi) is 2.63. The van der Waals surface area contributed by atoms with Crippen LogP contribution in [0.3, 0.4) is 0 Å². The van der Waals surface area contributed by atoms with Gasteiger partial charge in [0.2, 0.25) is 0 Å². The summed E-state index contributed by atoms with van der Waals surface area (Å²) in [5.41, 5.74) is 0. The molecule has 1 rings (SSSR count). The molecule has 0 aromatic rings. The summed E-state index contributed by atoms with van der Waals surface area (Å²) in [7, 11) is 0. The maximum atomic E-state index is 10.2. The minimum Gasteiger partial charge on any atom is -0.316 e. The number of nitrogens with one attached hydrogen (secondary N) is 1. The molecule has 3 nitrogen and oxygen atoms in total. The Bertz CT molecular complexity index is 112. The number of hydrogen-bond acceptors (Lipinski definition) is 2. The van der Waals surface area contributed by atoms with Crippen molar-refractivity contribution in [3.63, 3.8) is 0 Å². The summed E-state index contributed by atoms with van der Waals surface area (Å²) in [6.07, 6.45) is 1.05. The van der Waals surface area contributed by atoms with Crippen molar-refractivity contribution in [3.8, 4) is 0 Å². The summed E-state index contributed by atoms with van der Waals surface area (Å²) >= 11 is -1.60. The molecule has 0 saturated carbocycles. The number of hydrogen-bond donors (Lipinski definition) is 2. The first kappa shape index (κ1) is 7.18. The lowest BCUT2D eigenvalue weighted by Crippen LogP contribution is -2.14. The quantitative estimate of drug-likeness (QED) is 0.535. The second-order valence-corrected chi connectivity index (χ2v) is 3.32. The second kappa shape index (κ2) is 3.29. The van der Waals surface area contributed by atoms with Gasteiger partial charge in [-0.3, -0.25) is 0 Å². The Morgan fingerprint density at radius 3 is 3.00 bits per heavy atom. The molecule has 9 heavy (non-hydrogen) atoms. The van der Waals surface area contributed by atoms with Gasteiger partial charge in [0.1, 0.15) is 0 Å². The van der Waals surface area contributed by atoms with Crippen LogP contribution in [0.15, 0.2) is 0 Å². The topological polar surface area (TPSA) is 49.3 Å². The van der Waals surface area contributed by atoms with Crippen molar-refractivity contribution in [1.29, 1.82) is 0 Å². The predicted octanol–water partition coefficient (Wildman–Crippen LogP) is -0.182. The summed E-state index contributed by atoms with van der Waals surface area (Å²) in [6, 6.07) is 0. The van der Waals surface area contributed by atoms with Gasteiger partial charge in [0.05, 0.1) is 5.75 Å². The predicted molar refractivity (Wildman–Crippen MR) is 36.6 cm³/mol. The first-order chi connectivity index (χ1) is 4.29. The Morgan fingerprint density at radius 2 is 2.56 bits per heavy atom. The van der Waals surface area contributed by atoms with Crippen LogP contribution in [0.2, 0.25) is 0 Å². The number of rotatable bonds is 2. The lowest BCUT2D eigenvalue weighted by molar-refractivity contribution is 0.543. The van der Waals surface area contributed by atoms with Gasteiger partial charge in [-0.2, -0.15) is 0 Å². The maximum Gasteiger partial charge on any atom is 0.153 e. The highest BCUT2D eigenvalue weighted by molar-refractivity contribution is 7.79. The molecule has 2 N–H and O–H groups in total. The fourth-order valence-corrected chi connectivity index (χ4v) is 1.75. The summed E-state index contributed by atoms with van der Waals surface area (Å²) in [5, 5.41) is 3.13. The molecule has 1 heterocycles. The minimum atomic E-state index is -1.60. The lowest BCUT2D eigenvalue weighted by Gasteiger charge is -2.01. The normalized spacial score (nSPS) is 30.6.